The Morgan fingerprint density at radius 1 is 0.750 bits per heavy atom. The smallest absolute Gasteiger partial charge is 0.252 e. The quantitative estimate of drug-likeness (QED) is 0.269. The molecule has 0 aliphatic rings. The Labute approximate surface area is 203 Å². The molecule has 4 nitrogen and oxygen atoms in total. The minimum absolute atomic E-state index is 0.135. The second-order valence-corrected chi connectivity index (χ2v) is 8.79. The van der Waals surface area contributed by atoms with Crippen LogP contribution in [0, 0.1) is 0 Å². The predicted octanol–water partition coefficient (Wildman–Crippen LogP) is 7.26. The molecule has 0 fully saturated rings. The molecule has 0 aliphatic carbocycles. The third-order valence-corrected chi connectivity index (χ3v) is 5.93. The minimum atomic E-state index is -5.10. The largest absolute Gasteiger partial charge is 0.434 e. The van der Waals surface area contributed by atoms with E-state index in [0.717, 1.165) is 23.7 Å². The molecule has 4 aromatic rings. The molecule has 0 bridgehead atoms. The Balaban J connectivity index is 1.74. The summed E-state index contributed by atoms with van der Waals surface area (Å²) < 4.78 is 81.7. The van der Waals surface area contributed by atoms with Gasteiger partial charge in [0.25, 0.3) is 0 Å². The fourth-order valence-corrected chi connectivity index (χ4v) is 3.82. The number of nitrogens with zero attached hydrogens (tertiary/aromatic N) is 4. The molecule has 1 aromatic carbocycles. The highest BCUT2D eigenvalue weighted by atomic mass is 19.4. The van der Waals surface area contributed by atoms with Crippen LogP contribution in [0.4, 0.5) is 26.3 Å². The van der Waals surface area contributed by atoms with Crippen LogP contribution < -0.4 is 0 Å². The van der Waals surface area contributed by atoms with Gasteiger partial charge in [0.1, 0.15) is 5.69 Å². The van der Waals surface area contributed by atoms with E-state index in [1.165, 1.54) is 12.1 Å². The van der Waals surface area contributed by atoms with E-state index in [-0.39, 0.29) is 5.69 Å². The van der Waals surface area contributed by atoms with Crippen molar-refractivity contribution in [1.29, 1.82) is 0 Å². The molecular weight excluding hydrogens is 482 g/mol. The van der Waals surface area contributed by atoms with Crippen molar-refractivity contribution >= 4 is 0 Å². The summed E-state index contributed by atoms with van der Waals surface area (Å²) in [5, 5.41) is 4.66. The third-order valence-electron chi connectivity index (χ3n) is 5.93. The molecule has 0 amide bonds. The number of rotatable bonds is 5. The predicted molar refractivity (Wildman–Crippen MR) is 123 cm³/mol. The van der Waals surface area contributed by atoms with Gasteiger partial charge in [-0.25, -0.2) is 9.67 Å². The van der Waals surface area contributed by atoms with Crippen LogP contribution in [0.3, 0.4) is 0 Å². The zero-order valence-electron chi connectivity index (χ0n) is 19.6. The highest BCUT2D eigenvalue weighted by molar-refractivity contribution is 5.63. The molecule has 0 saturated heterocycles. The molecule has 0 spiro atoms. The monoisotopic (exact) mass is 504 g/mol. The standard InChI is InChI=1S/C26H22F6N4/c1-4-16-7-5-8-17(15-16)36-14-13-21(35-36)24(2,3)20-10-6-9-19(33-20)18-11-12-22(25(27,28)29)34-23(18)26(30,31)32/h5-15H,4H2,1-3H3. The maximum atomic E-state index is 13.6. The normalized spacial score (nSPS) is 12.7. The topological polar surface area (TPSA) is 43.6 Å². The summed E-state index contributed by atoms with van der Waals surface area (Å²) in [5.74, 6) is 0. The van der Waals surface area contributed by atoms with Gasteiger partial charge in [0.05, 0.1) is 28.2 Å². The fourth-order valence-electron chi connectivity index (χ4n) is 3.82. The Hall–Kier alpha value is -3.69. The lowest BCUT2D eigenvalue weighted by molar-refractivity contribution is -0.149. The van der Waals surface area contributed by atoms with Gasteiger partial charge < -0.3 is 0 Å². The maximum Gasteiger partial charge on any atom is 0.434 e. The lowest BCUT2D eigenvalue weighted by Crippen LogP contribution is -2.22. The van der Waals surface area contributed by atoms with Crippen LogP contribution in [0.1, 0.15) is 49.1 Å². The first-order chi connectivity index (χ1) is 16.8. The van der Waals surface area contributed by atoms with Gasteiger partial charge in [-0.05, 0) is 68.3 Å². The number of benzene rings is 1. The molecule has 36 heavy (non-hydrogen) atoms. The third kappa shape index (κ3) is 4.98. The highest BCUT2D eigenvalue weighted by Crippen LogP contribution is 2.39. The van der Waals surface area contributed by atoms with E-state index in [4.69, 9.17) is 0 Å². The van der Waals surface area contributed by atoms with Crippen LogP contribution in [0.2, 0.25) is 0 Å². The molecule has 0 N–H and O–H groups in total. The van der Waals surface area contributed by atoms with Crippen molar-refractivity contribution in [1.82, 2.24) is 19.7 Å². The summed E-state index contributed by atoms with van der Waals surface area (Å²) in [5.41, 5.74) is -1.71. The van der Waals surface area contributed by atoms with Crippen LogP contribution in [0.5, 0.6) is 0 Å². The molecule has 4 rings (SSSR count). The van der Waals surface area contributed by atoms with E-state index >= 15 is 0 Å². The average Bonchev–Trinajstić information content (AvgIpc) is 3.34. The van der Waals surface area contributed by atoms with Gasteiger partial charge in [0, 0.05) is 11.8 Å². The van der Waals surface area contributed by atoms with Crippen LogP contribution in [-0.4, -0.2) is 19.7 Å². The summed E-state index contributed by atoms with van der Waals surface area (Å²) in [7, 11) is 0. The van der Waals surface area contributed by atoms with Gasteiger partial charge in [-0.2, -0.15) is 31.4 Å². The van der Waals surface area contributed by atoms with E-state index in [0.29, 0.717) is 17.5 Å². The van der Waals surface area contributed by atoms with Gasteiger partial charge in [-0.3, -0.25) is 4.98 Å². The molecule has 0 unspecified atom stereocenters. The molecular formula is C26H22F6N4. The first-order valence-electron chi connectivity index (χ1n) is 11.1. The molecule has 0 atom stereocenters. The molecule has 0 saturated carbocycles. The van der Waals surface area contributed by atoms with Crippen molar-refractivity contribution in [3.8, 4) is 16.9 Å². The number of pyridine rings is 2. The van der Waals surface area contributed by atoms with Crippen molar-refractivity contribution in [2.75, 3.05) is 0 Å². The summed E-state index contributed by atoms with van der Waals surface area (Å²) in [6.07, 6.45) is -7.46. The van der Waals surface area contributed by atoms with Gasteiger partial charge in [-0.1, -0.05) is 25.1 Å². The van der Waals surface area contributed by atoms with E-state index < -0.39 is 34.7 Å². The van der Waals surface area contributed by atoms with Crippen LogP contribution in [-0.2, 0) is 24.2 Å². The number of hydrogen-bond acceptors (Lipinski definition) is 3. The van der Waals surface area contributed by atoms with Crippen molar-refractivity contribution in [3.05, 3.63) is 95.2 Å². The first kappa shape index (κ1) is 25.4. The summed E-state index contributed by atoms with van der Waals surface area (Å²) in [6.45, 7) is 5.69. The Morgan fingerprint density at radius 2 is 1.47 bits per heavy atom. The molecule has 3 aromatic heterocycles. The maximum absolute atomic E-state index is 13.6. The van der Waals surface area contributed by atoms with Gasteiger partial charge in [0.2, 0.25) is 0 Å². The van der Waals surface area contributed by atoms with E-state index in [1.807, 2.05) is 45.0 Å². The summed E-state index contributed by atoms with van der Waals surface area (Å²) in [4.78, 5) is 7.28. The minimum Gasteiger partial charge on any atom is -0.252 e. The zero-order chi connectivity index (χ0) is 26.3. The average molecular weight is 504 g/mol. The Morgan fingerprint density at radius 3 is 2.14 bits per heavy atom. The zero-order valence-corrected chi connectivity index (χ0v) is 19.6. The van der Waals surface area contributed by atoms with E-state index in [1.54, 1.807) is 23.0 Å². The van der Waals surface area contributed by atoms with Crippen LogP contribution in [0.15, 0.2) is 66.9 Å². The first-order valence-corrected chi connectivity index (χ1v) is 11.1. The van der Waals surface area contributed by atoms with Crippen molar-refractivity contribution < 1.29 is 26.3 Å². The molecule has 3 heterocycles. The van der Waals surface area contributed by atoms with E-state index in [2.05, 4.69) is 15.1 Å². The van der Waals surface area contributed by atoms with Gasteiger partial charge in [0.15, 0.2) is 5.69 Å². The molecule has 10 heteroatoms. The van der Waals surface area contributed by atoms with Crippen molar-refractivity contribution in [3.63, 3.8) is 0 Å². The van der Waals surface area contributed by atoms with Crippen LogP contribution >= 0.6 is 0 Å². The summed E-state index contributed by atoms with van der Waals surface area (Å²) >= 11 is 0. The lowest BCUT2D eigenvalue weighted by atomic mass is 9.85. The Bertz CT molecular complexity index is 1390. The number of aromatic nitrogens is 4. The van der Waals surface area contributed by atoms with Crippen molar-refractivity contribution in [2.24, 2.45) is 0 Å². The number of aryl methyl sites for hydroxylation is 1. The fraction of sp³-hybridized carbons (Fsp3) is 0.269. The molecule has 188 valence electrons. The number of halogens is 6. The Kier molecular flexibility index (Phi) is 6.40. The van der Waals surface area contributed by atoms with Crippen LogP contribution in [0.25, 0.3) is 16.9 Å². The van der Waals surface area contributed by atoms with Gasteiger partial charge >= 0.3 is 12.4 Å². The van der Waals surface area contributed by atoms with Crippen molar-refractivity contribution in [2.45, 2.75) is 45.0 Å². The number of alkyl halides is 6. The second-order valence-electron chi connectivity index (χ2n) is 8.79. The number of hydrogen-bond donors (Lipinski definition) is 0. The lowest BCUT2D eigenvalue weighted by Gasteiger charge is -2.23. The van der Waals surface area contributed by atoms with E-state index in [9.17, 15) is 26.3 Å². The SMILES string of the molecule is CCc1cccc(-n2ccc(C(C)(C)c3cccc(-c4ccc(C(F)(F)F)nc4C(F)(F)F)n3)n2)c1. The highest BCUT2D eigenvalue weighted by Gasteiger charge is 2.40. The summed E-state index contributed by atoms with van der Waals surface area (Å²) in [6, 6.07) is 15.4. The molecule has 0 radical (unpaired) electrons. The van der Waals surface area contributed by atoms with Gasteiger partial charge in [-0.15, -0.1) is 0 Å². The molecule has 0 aliphatic heterocycles. The second kappa shape index (κ2) is 9.07.